The van der Waals surface area contributed by atoms with Crippen LogP contribution in [-0.2, 0) is 4.74 Å². The minimum Gasteiger partial charge on any atom is -0.462 e. The fourth-order valence-electron chi connectivity index (χ4n) is 2.85. The first kappa shape index (κ1) is 20.7. The first-order valence-corrected chi connectivity index (χ1v) is 9.91. The van der Waals surface area contributed by atoms with Gasteiger partial charge in [-0.2, -0.15) is 0 Å². The van der Waals surface area contributed by atoms with E-state index in [0.717, 1.165) is 12.8 Å². The number of nitrogens with zero attached hydrogens (tertiary/aromatic N) is 1. The monoisotopic (exact) mass is 333 g/mol. The van der Waals surface area contributed by atoms with E-state index >= 15 is 0 Å². The van der Waals surface area contributed by atoms with E-state index in [0.29, 0.717) is 12.2 Å². The van der Waals surface area contributed by atoms with Crippen molar-refractivity contribution in [3.63, 3.8) is 0 Å². The summed E-state index contributed by atoms with van der Waals surface area (Å²) in [6, 6.07) is 3.49. The summed E-state index contributed by atoms with van der Waals surface area (Å²) in [7, 11) is 0. The van der Waals surface area contributed by atoms with Gasteiger partial charge in [0.15, 0.2) is 0 Å². The number of hydrogen-bond acceptors (Lipinski definition) is 3. The zero-order chi connectivity index (χ0) is 17.3. The van der Waals surface area contributed by atoms with Gasteiger partial charge in [-0.25, -0.2) is 4.79 Å². The predicted molar refractivity (Wildman–Crippen MR) is 100 cm³/mol. The molecule has 0 aromatic carbocycles. The van der Waals surface area contributed by atoms with Gasteiger partial charge >= 0.3 is 5.97 Å². The molecule has 0 aliphatic heterocycles. The zero-order valence-electron chi connectivity index (χ0n) is 15.5. The maximum atomic E-state index is 11.7. The van der Waals surface area contributed by atoms with Gasteiger partial charge < -0.3 is 4.74 Å². The summed E-state index contributed by atoms with van der Waals surface area (Å²) < 4.78 is 5.25. The number of unbranched alkanes of at least 4 members (excludes halogenated alkanes) is 12. The Morgan fingerprint density at radius 2 is 1.42 bits per heavy atom. The molecule has 0 saturated heterocycles. The van der Waals surface area contributed by atoms with E-state index < -0.39 is 0 Å². The van der Waals surface area contributed by atoms with Crippen molar-refractivity contribution < 1.29 is 9.53 Å². The molecule has 0 unspecified atom stereocenters. The SMILES string of the molecule is CCCCCCCCCCCCCCCOC(=O)c1cccnc1. The summed E-state index contributed by atoms with van der Waals surface area (Å²) in [5, 5.41) is 0. The number of carbonyl (C=O) groups is 1. The van der Waals surface area contributed by atoms with Crippen molar-refractivity contribution >= 4 is 5.97 Å². The lowest BCUT2D eigenvalue weighted by molar-refractivity contribution is 0.0497. The van der Waals surface area contributed by atoms with Crippen molar-refractivity contribution in [2.75, 3.05) is 6.61 Å². The molecule has 0 amide bonds. The summed E-state index contributed by atoms with van der Waals surface area (Å²) in [5.74, 6) is -0.262. The summed E-state index contributed by atoms with van der Waals surface area (Å²) in [5.41, 5.74) is 0.534. The van der Waals surface area contributed by atoms with Crippen LogP contribution in [0, 0.1) is 0 Å². The highest BCUT2D eigenvalue weighted by Crippen LogP contribution is 2.12. The van der Waals surface area contributed by atoms with Crippen LogP contribution in [0.5, 0.6) is 0 Å². The van der Waals surface area contributed by atoms with E-state index in [1.54, 1.807) is 24.5 Å². The number of ether oxygens (including phenoxy) is 1. The van der Waals surface area contributed by atoms with Crippen molar-refractivity contribution in [3.05, 3.63) is 30.1 Å². The van der Waals surface area contributed by atoms with Crippen LogP contribution in [0.15, 0.2) is 24.5 Å². The van der Waals surface area contributed by atoms with Crippen LogP contribution in [0.1, 0.15) is 101 Å². The smallest absolute Gasteiger partial charge is 0.339 e. The third-order valence-corrected chi connectivity index (χ3v) is 4.38. The predicted octanol–water partition coefficient (Wildman–Crippen LogP) is 6.33. The van der Waals surface area contributed by atoms with E-state index in [1.807, 2.05) is 0 Å². The Hall–Kier alpha value is -1.38. The fraction of sp³-hybridized carbons (Fsp3) is 0.714. The number of aromatic nitrogens is 1. The van der Waals surface area contributed by atoms with Gasteiger partial charge in [-0.3, -0.25) is 4.98 Å². The summed E-state index contributed by atoms with van der Waals surface area (Å²) >= 11 is 0. The molecule has 1 rings (SSSR count). The van der Waals surface area contributed by atoms with Gasteiger partial charge in [-0.15, -0.1) is 0 Å². The zero-order valence-corrected chi connectivity index (χ0v) is 15.5. The second-order valence-electron chi connectivity index (χ2n) is 6.62. The van der Waals surface area contributed by atoms with Crippen LogP contribution < -0.4 is 0 Å². The van der Waals surface area contributed by atoms with Crippen molar-refractivity contribution in [2.45, 2.75) is 90.4 Å². The van der Waals surface area contributed by atoms with E-state index in [2.05, 4.69) is 11.9 Å². The number of hydrogen-bond donors (Lipinski definition) is 0. The highest BCUT2D eigenvalue weighted by molar-refractivity contribution is 5.88. The third kappa shape index (κ3) is 11.2. The van der Waals surface area contributed by atoms with Crippen LogP contribution in [0.4, 0.5) is 0 Å². The summed E-state index contributed by atoms with van der Waals surface area (Å²) in [6.45, 7) is 2.79. The van der Waals surface area contributed by atoms with Gasteiger partial charge in [0.25, 0.3) is 0 Å². The molecule has 0 aliphatic rings. The van der Waals surface area contributed by atoms with Crippen LogP contribution in [0.3, 0.4) is 0 Å². The average Bonchev–Trinajstić information content (AvgIpc) is 2.62. The fourth-order valence-corrected chi connectivity index (χ4v) is 2.85. The van der Waals surface area contributed by atoms with Gasteiger partial charge in [-0.05, 0) is 18.6 Å². The van der Waals surface area contributed by atoms with Crippen LogP contribution in [0.25, 0.3) is 0 Å². The minimum atomic E-state index is -0.262. The standard InChI is InChI=1S/C21H35NO2/c1-2-3-4-5-6-7-8-9-10-11-12-13-14-18-24-21(23)20-16-15-17-22-19-20/h15-17,19H,2-14,18H2,1H3. The topological polar surface area (TPSA) is 39.2 Å². The van der Waals surface area contributed by atoms with Gasteiger partial charge in [0.2, 0.25) is 0 Å². The molecule has 1 aromatic rings. The number of pyridine rings is 1. The lowest BCUT2D eigenvalue weighted by Crippen LogP contribution is -2.06. The molecule has 0 saturated carbocycles. The number of rotatable bonds is 15. The first-order chi connectivity index (χ1) is 11.8. The van der Waals surface area contributed by atoms with Gasteiger partial charge in [0, 0.05) is 12.4 Å². The molecule has 136 valence electrons. The van der Waals surface area contributed by atoms with Crippen LogP contribution >= 0.6 is 0 Å². The Balaban J connectivity index is 1.80. The Morgan fingerprint density at radius 3 is 1.92 bits per heavy atom. The highest BCUT2D eigenvalue weighted by atomic mass is 16.5. The normalized spacial score (nSPS) is 10.7. The minimum absolute atomic E-state index is 0.262. The van der Waals surface area contributed by atoms with Crippen LogP contribution in [0.2, 0.25) is 0 Å². The number of carbonyl (C=O) groups excluding carboxylic acids is 1. The van der Waals surface area contributed by atoms with E-state index in [1.165, 1.54) is 70.6 Å². The van der Waals surface area contributed by atoms with Gasteiger partial charge in [-0.1, -0.05) is 84.0 Å². The lowest BCUT2D eigenvalue weighted by atomic mass is 10.0. The van der Waals surface area contributed by atoms with Crippen molar-refractivity contribution in [2.24, 2.45) is 0 Å². The Morgan fingerprint density at radius 1 is 0.875 bits per heavy atom. The molecule has 0 N–H and O–H groups in total. The molecule has 1 aromatic heterocycles. The maximum absolute atomic E-state index is 11.7. The van der Waals surface area contributed by atoms with Crippen LogP contribution in [-0.4, -0.2) is 17.6 Å². The van der Waals surface area contributed by atoms with Crippen molar-refractivity contribution in [1.82, 2.24) is 4.98 Å². The lowest BCUT2D eigenvalue weighted by Gasteiger charge is -2.05. The summed E-state index contributed by atoms with van der Waals surface area (Å²) in [6.07, 6.45) is 20.4. The second-order valence-corrected chi connectivity index (χ2v) is 6.62. The molecule has 0 bridgehead atoms. The molecule has 0 aliphatic carbocycles. The van der Waals surface area contributed by atoms with E-state index in [-0.39, 0.29) is 5.97 Å². The largest absolute Gasteiger partial charge is 0.462 e. The molecule has 24 heavy (non-hydrogen) atoms. The van der Waals surface area contributed by atoms with E-state index in [9.17, 15) is 4.79 Å². The Kier molecular flexibility index (Phi) is 13.1. The van der Waals surface area contributed by atoms with Crippen molar-refractivity contribution in [1.29, 1.82) is 0 Å². The van der Waals surface area contributed by atoms with Gasteiger partial charge in [0.1, 0.15) is 0 Å². The maximum Gasteiger partial charge on any atom is 0.339 e. The molecule has 0 fully saturated rings. The molecular weight excluding hydrogens is 298 g/mol. The second kappa shape index (κ2) is 15.2. The molecule has 3 heteroatoms. The Labute approximate surface area is 148 Å². The molecule has 1 heterocycles. The third-order valence-electron chi connectivity index (χ3n) is 4.38. The molecular formula is C21H35NO2. The Bertz CT molecular complexity index is 406. The highest BCUT2D eigenvalue weighted by Gasteiger charge is 2.05. The van der Waals surface area contributed by atoms with Crippen molar-refractivity contribution in [3.8, 4) is 0 Å². The van der Waals surface area contributed by atoms with Gasteiger partial charge in [0.05, 0.1) is 12.2 Å². The molecule has 0 atom stereocenters. The van der Waals surface area contributed by atoms with E-state index in [4.69, 9.17) is 4.74 Å². The summed E-state index contributed by atoms with van der Waals surface area (Å²) in [4.78, 5) is 15.6. The quantitative estimate of drug-likeness (QED) is 0.278. The first-order valence-electron chi connectivity index (χ1n) is 9.91. The molecule has 0 radical (unpaired) electrons. The molecule has 0 spiro atoms. The average molecular weight is 334 g/mol. The molecule has 3 nitrogen and oxygen atoms in total. The number of esters is 1.